The Balaban J connectivity index is 1.51. The molecule has 0 bridgehead atoms. The maximum atomic E-state index is 12.3. The van der Waals surface area contributed by atoms with E-state index in [-0.39, 0.29) is 23.0 Å². The standard InChI is InChI=1S/C20H19Cl2N3O3/c21-14-5-8-16(17(22)11-14)19(27)23-12-18(26)24-15-6-3-13(4-7-15)20(28)25-9-1-2-10-25/h3-8,11H,1-2,9-10,12H2,(H,23,27)(H,24,26). The highest BCUT2D eigenvalue weighted by atomic mass is 35.5. The predicted molar refractivity (Wildman–Crippen MR) is 109 cm³/mol. The van der Waals surface area contributed by atoms with Crippen LogP contribution in [0.15, 0.2) is 42.5 Å². The molecule has 28 heavy (non-hydrogen) atoms. The van der Waals surface area contributed by atoms with Crippen molar-refractivity contribution in [3.8, 4) is 0 Å². The molecule has 3 amide bonds. The van der Waals surface area contributed by atoms with Gasteiger partial charge >= 0.3 is 0 Å². The van der Waals surface area contributed by atoms with Crippen molar-refractivity contribution in [2.45, 2.75) is 12.8 Å². The Morgan fingerprint density at radius 3 is 2.29 bits per heavy atom. The van der Waals surface area contributed by atoms with E-state index in [1.807, 2.05) is 4.90 Å². The number of carbonyl (C=O) groups excluding carboxylic acids is 3. The topological polar surface area (TPSA) is 78.5 Å². The van der Waals surface area contributed by atoms with Crippen LogP contribution in [0.3, 0.4) is 0 Å². The molecule has 2 aromatic rings. The first-order valence-corrected chi connectivity index (χ1v) is 9.62. The third-order valence-electron chi connectivity index (χ3n) is 4.39. The molecule has 146 valence electrons. The molecule has 2 N–H and O–H groups in total. The average molecular weight is 420 g/mol. The summed E-state index contributed by atoms with van der Waals surface area (Å²) in [7, 11) is 0. The van der Waals surface area contributed by atoms with Crippen molar-refractivity contribution in [3.05, 3.63) is 63.6 Å². The predicted octanol–water partition coefficient (Wildman–Crippen LogP) is 3.60. The Morgan fingerprint density at radius 1 is 0.964 bits per heavy atom. The normalized spacial score (nSPS) is 13.3. The second-order valence-electron chi connectivity index (χ2n) is 6.43. The summed E-state index contributed by atoms with van der Waals surface area (Å²) in [5.41, 5.74) is 1.37. The molecule has 1 heterocycles. The molecule has 0 aromatic heterocycles. The lowest BCUT2D eigenvalue weighted by molar-refractivity contribution is -0.115. The SMILES string of the molecule is O=C(CNC(=O)c1ccc(Cl)cc1Cl)Nc1ccc(C(=O)N2CCCC2)cc1. The molecule has 1 saturated heterocycles. The van der Waals surface area contributed by atoms with E-state index in [1.54, 1.807) is 30.3 Å². The van der Waals surface area contributed by atoms with Crippen molar-refractivity contribution in [3.63, 3.8) is 0 Å². The Labute approximate surface area is 172 Å². The van der Waals surface area contributed by atoms with Crippen molar-refractivity contribution in [1.82, 2.24) is 10.2 Å². The van der Waals surface area contributed by atoms with E-state index in [2.05, 4.69) is 10.6 Å². The van der Waals surface area contributed by atoms with Crippen LogP contribution in [0.1, 0.15) is 33.6 Å². The maximum absolute atomic E-state index is 12.3. The van der Waals surface area contributed by atoms with Gasteiger partial charge in [0.15, 0.2) is 0 Å². The summed E-state index contributed by atoms with van der Waals surface area (Å²) < 4.78 is 0. The fraction of sp³-hybridized carbons (Fsp3) is 0.250. The quantitative estimate of drug-likeness (QED) is 0.776. The second-order valence-corrected chi connectivity index (χ2v) is 7.28. The highest BCUT2D eigenvalue weighted by Crippen LogP contribution is 2.20. The van der Waals surface area contributed by atoms with E-state index in [0.717, 1.165) is 25.9 Å². The van der Waals surface area contributed by atoms with Gasteiger partial charge in [-0.25, -0.2) is 0 Å². The molecule has 3 rings (SSSR count). The van der Waals surface area contributed by atoms with Crippen LogP contribution in [0.25, 0.3) is 0 Å². The van der Waals surface area contributed by atoms with Gasteiger partial charge in [0.1, 0.15) is 0 Å². The third kappa shape index (κ3) is 5.03. The minimum Gasteiger partial charge on any atom is -0.343 e. The summed E-state index contributed by atoms with van der Waals surface area (Å²) in [6, 6.07) is 11.2. The summed E-state index contributed by atoms with van der Waals surface area (Å²) in [5, 5.41) is 5.82. The third-order valence-corrected chi connectivity index (χ3v) is 4.94. The number of likely N-dealkylation sites (tertiary alicyclic amines) is 1. The van der Waals surface area contributed by atoms with Gasteiger partial charge in [-0.15, -0.1) is 0 Å². The Bertz CT molecular complexity index is 894. The number of carbonyl (C=O) groups is 3. The van der Waals surface area contributed by atoms with Crippen LogP contribution in [-0.4, -0.2) is 42.3 Å². The van der Waals surface area contributed by atoms with E-state index in [0.29, 0.717) is 16.3 Å². The van der Waals surface area contributed by atoms with Crippen LogP contribution in [0.5, 0.6) is 0 Å². The zero-order valence-electron chi connectivity index (χ0n) is 15.0. The first-order valence-electron chi connectivity index (χ1n) is 8.86. The molecule has 6 nitrogen and oxygen atoms in total. The summed E-state index contributed by atoms with van der Waals surface area (Å²) in [5.74, 6) is -0.858. The number of amides is 3. The molecule has 1 aliphatic heterocycles. The summed E-state index contributed by atoms with van der Waals surface area (Å²) in [6.45, 7) is 1.36. The van der Waals surface area contributed by atoms with Crippen LogP contribution in [0.4, 0.5) is 5.69 Å². The molecule has 0 unspecified atom stereocenters. The van der Waals surface area contributed by atoms with Crippen molar-refractivity contribution in [2.75, 3.05) is 25.0 Å². The number of halogens is 2. The lowest BCUT2D eigenvalue weighted by Gasteiger charge is -2.15. The molecule has 1 aliphatic rings. The fourth-order valence-electron chi connectivity index (χ4n) is 2.93. The van der Waals surface area contributed by atoms with Crippen molar-refractivity contribution < 1.29 is 14.4 Å². The number of hydrogen-bond acceptors (Lipinski definition) is 3. The average Bonchev–Trinajstić information content (AvgIpc) is 3.21. The molecule has 0 atom stereocenters. The molecular weight excluding hydrogens is 401 g/mol. The zero-order chi connectivity index (χ0) is 20.1. The van der Waals surface area contributed by atoms with Crippen LogP contribution >= 0.6 is 23.2 Å². The number of hydrogen-bond donors (Lipinski definition) is 2. The lowest BCUT2D eigenvalue weighted by Crippen LogP contribution is -2.33. The van der Waals surface area contributed by atoms with E-state index in [4.69, 9.17) is 23.2 Å². The fourth-order valence-corrected chi connectivity index (χ4v) is 3.43. The van der Waals surface area contributed by atoms with Gasteiger partial charge in [0.25, 0.3) is 11.8 Å². The number of benzene rings is 2. The highest BCUT2D eigenvalue weighted by Gasteiger charge is 2.19. The minimum absolute atomic E-state index is 0.00230. The molecule has 8 heteroatoms. The largest absolute Gasteiger partial charge is 0.343 e. The van der Waals surface area contributed by atoms with Crippen molar-refractivity contribution >= 4 is 46.6 Å². The van der Waals surface area contributed by atoms with Crippen LogP contribution in [-0.2, 0) is 4.79 Å². The zero-order valence-corrected chi connectivity index (χ0v) is 16.5. The van der Waals surface area contributed by atoms with Gasteiger partial charge in [0, 0.05) is 29.4 Å². The Kier molecular flexibility index (Phi) is 6.54. The molecule has 0 radical (unpaired) electrons. The van der Waals surface area contributed by atoms with E-state index in [1.165, 1.54) is 12.1 Å². The first kappa shape index (κ1) is 20.2. The first-order chi connectivity index (χ1) is 13.4. The van der Waals surface area contributed by atoms with Gasteiger partial charge in [-0.1, -0.05) is 23.2 Å². The number of nitrogens with zero attached hydrogens (tertiary/aromatic N) is 1. The Hall–Kier alpha value is -2.57. The summed E-state index contributed by atoms with van der Waals surface area (Å²) in [4.78, 5) is 38.3. The van der Waals surface area contributed by atoms with E-state index in [9.17, 15) is 14.4 Å². The summed E-state index contributed by atoms with van der Waals surface area (Å²) >= 11 is 11.8. The Morgan fingerprint density at radius 2 is 1.64 bits per heavy atom. The monoisotopic (exact) mass is 419 g/mol. The van der Waals surface area contributed by atoms with Crippen molar-refractivity contribution in [2.24, 2.45) is 0 Å². The summed E-state index contributed by atoms with van der Waals surface area (Å²) in [6.07, 6.45) is 2.07. The van der Waals surface area contributed by atoms with Crippen LogP contribution < -0.4 is 10.6 Å². The van der Waals surface area contributed by atoms with Crippen LogP contribution in [0.2, 0.25) is 10.0 Å². The van der Waals surface area contributed by atoms with E-state index >= 15 is 0 Å². The lowest BCUT2D eigenvalue weighted by atomic mass is 10.2. The van der Waals surface area contributed by atoms with Crippen LogP contribution in [0, 0.1) is 0 Å². The van der Waals surface area contributed by atoms with Gasteiger partial charge in [-0.2, -0.15) is 0 Å². The molecule has 2 aromatic carbocycles. The van der Waals surface area contributed by atoms with Gasteiger partial charge in [-0.3, -0.25) is 14.4 Å². The molecule has 1 fully saturated rings. The second kappa shape index (κ2) is 9.08. The van der Waals surface area contributed by atoms with Gasteiger partial charge in [0.05, 0.1) is 17.1 Å². The van der Waals surface area contributed by atoms with E-state index < -0.39 is 11.8 Å². The van der Waals surface area contributed by atoms with Crippen molar-refractivity contribution in [1.29, 1.82) is 0 Å². The van der Waals surface area contributed by atoms with Gasteiger partial charge in [0.2, 0.25) is 5.91 Å². The number of anilines is 1. The minimum atomic E-state index is -0.469. The smallest absolute Gasteiger partial charge is 0.253 e. The molecular formula is C20H19Cl2N3O3. The highest BCUT2D eigenvalue weighted by molar-refractivity contribution is 6.36. The maximum Gasteiger partial charge on any atom is 0.253 e. The molecule has 0 saturated carbocycles. The molecule has 0 aliphatic carbocycles. The van der Waals surface area contributed by atoms with Gasteiger partial charge in [-0.05, 0) is 55.3 Å². The van der Waals surface area contributed by atoms with Gasteiger partial charge < -0.3 is 15.5 Å². The number of nitrogens with one attached hydrogen (secondary N) is 2. The number of rotatable bonds is 5. The molecule has 0 spiro atoms.